The molecule has 2 aromatic carbocycles. The third-order valence-electron chi connectivity index (χ3n) is 3.58. The van der Waals surface area contributed by atoms with Crippen LogP contribution < -0.4 is 4.74 Å². The van der Waals surface area contributed by atoms with Gasteiger partial charge in [0, 0.05) is 12.6 Å². The van der Waals surface area contributed by atoms with E-state index in [1.165, 1.54) is 7.11 Å². The van der Waals surface area contributed by atoms with Crippen molar-refractivity contribution in [1.82, 2.24) is 4.90 Å². The van der Waals surface area contributed by atoms with E-state index < -0.39 is 5.97 Å². The van der Waals surface area contributed by atoms with E-state index in [4.69, 9.17) is 4.74 Å². The number of carbonyl (C=O) groups is 2. The Hall–Kier alpha value is -2.82. The first-order valence-corrected chi connectivity index (χ1v) is 7.64. The van der Waals surface area contributed by atoms with E-state index in [1.807, 2.05) is 31.2 Å². The van der Waals surface area contributed by atoms with Crippen LogP contribution in [0.5, 0.6) is 5.75 Å². The van der Waals surface area contributed by atoms with Gasteiger partial charge >= 0.3 is 5.97 Å². The molecule has 2 aromatic rings. The second-order valence-electron chi connectivity index (χ2n) is 5.46. The van der Waals surface area contributed by atoms with Crippen LogP contribution in [0.1, 0.15) is 26.3 Å². The van der Waals surface area contributed by atoms with Crippen molar-refractivity contribution in [2.45, 2.75) is 6.92 Å². The monoisotopic (exact) mass is 327 g/mol. The largest absolute Gasteiger partial charge is 0.492 e. The molecule has 5 heteroatoms. The highest BCUT2D eigenvalue weighted by Crippen LogP contribution is 2.12. The van der Waals surface area contributed by atoms with E-state index >= 15 is 0 Å². The average Bonchev–Trinajstić information content (AvgIpc) is 2.60. The summed E-state index contributed by atoms with van der Waals surface area (Å²) in [6.45, 7) is 2.87. The summed E-state index contributed by atoms with van der Waals surface area (Å²) in [5, 5.41) is 0. The van der Waals surface area contributed by atoms with Crippen LogP contribution in [0.2, 0.25) is 0 Å². The fourth-order valence-corrected chi connectivity index (χ4v) is 2.19. The highest BCUT2D eigenvalue weighted by molar-refractivity contribution is 5.96. The number of rotatable bonds is 6. The molecule has 0 saturated carbocycles. The van der Waals surface area contributed by atoms with Gasteiger partial charge in [-0.25, -0.2) is 4.79 Å². The zero-order valence-corrected chi connectivity index (χ0v) is 14.1. The predicted molar refractivity (Wildman–Crippen MR) is 91.4 cm³/mol. The molecule has 0 radical (unpaired) electrons. The lowest BCUT2D eigenvalue weighted by Gasteiger charge is -2.17. The Morgan fingerprint density at radius 2 is 1.71 bits per heavy atom. The van der Waals surface area contributed by atoms with Crippen LogP contribution in [0.15, 0.2) is 48.5 Å². The molecule has 2 rings (SSSR count). The Kier molecular flexibility index (Phi) is 5.95. The third-order valence-corrected chi connectivity index (χ3v) is 3.58. The molecule has 0 spiro atoms. The number of methoxy groups -OCH3 is 1. The molecule has 24 heavy (non-hydrogen) atoms. The molecule has 0 unspecified atom stereocenters. The average molecular weight is 327 g/mol. The molecule has 0 fully saturated rings. The number of esters is 1. The highest BCUT2D eigenvalue weighted by atomic mass is 16.5. The molecule has 0 bridgehead atoms. The summed E-state index contributed by atoms with van der Waals surface area (Å²) in [6.07, 6.45) is 0. The van der Waals surface area contributed by atoms with Crippen molar-refractivity contribution < 1.29 is 19.1 Å². The minimum absolute atomic E-state index is 0.126. The maximum absolute atomic E-state index is 12.3. The second-order valence-corrected chi connectivity index (χ2v) is 5.46. The zero-order chi connectivity index (χ0) is 17.5. The molecule has 0 aliphatic heterocycles. The van der Waals surface area contributed by atoms with Crippen LogP contribution in [-0.2, 0) is 4.74 Å². The fourth-order valence-electron chi connectivity index (χ4n) is 2.19. The molecule has 1 amide bonds. The summed E-state index contributed by atoms with van der Waals surface area (Å²) in [7, 11) is 3.04. The quantitative estimate of drug-likeness (QED) is 0.766. The van der Waals surface area contributed by atoms with E-state index in [-0.39, 0.29) is 5.91 Å². The minimum atomic E-state index is -0.422. The predicted octanol–water partition coefficient (Wildman–Crippen LogP) is 2.93. The summed E-state index contributed by atoms with van der Waals surface area (Å²) < 4.78 is 10.3. The van der Waals surface area contributed by atoms with Crippen molar-refractivity contribution in [3.63, 3.8) is 0 Å². The number of likely N-dealkylation sites (N-methyl/N-ethyl adjacent to an activating group) is 1. The van der Waals surface area contributed by atoms with Crippen molar-refractivity contribution in [3.05, 3.63) is 65.2 Å². The van der Waals surface area contributed by atoms with Crippen LogP contribution in [0.3, 0.4) is 0 Å². The first-order chi connectivity index (χ1) is 11.5. The smallest absolute Gasteiger partial charge is 0.337 e. The van der Waals surface area contributed by atoms with Gasteiger partial charge in [0.15, 0.2) is 0 Å². The lowest BCUT2D eigenvalue weighted by molar-refractivity contribution is 0.0600. The summed E-state index contributed by atoms with van der Waals surface area (Å²) in [5.41, 5.74) is 2.06. The lowest BCUT2D eigenvalue weighted by atomic mass is 10.1. The van der Waals surface area contributed by atoms with Gasteiger partial charge in [-0.2, -0.15) is 0 Å². The molecular weight excluding hydrogens is 306 g/mol. The molecule has 5 nitrogen and oxygen atoms in total. The molecule has 0 saturated heterocycles. The summed E-state index contributed by atoms with van der Waals surface area (Å²) in [5.74, 6) is 0.242. The third kappa shape index (κ3) is 4.59. The van der Waals surface area contributed by atoms with Gasteiger partial charge in [0.25, 0.3) is 5.91 Å². The molecule has 0 aromatic heterocycles. The van der Waals surface area contributed by atoms with Gasteiger partial charge in [0.05, 0.1) is 19.2 Å². The number of ether oxygens (including phenoxy) is 2. The number of amides is 1. The normalized spacial score (nSPS) is 10.1. The Morgan fingerprint density at radius 3 is 2.33 bits per heavy atom. The topological polar surface area (TPSA) is 55.8 Å². The molecule has 126 valence electrons. The first-order valence-electron chi connectivity index (χ1n) is 7.64. The van der Waals surface area contributed by atoms with Crippen LogP contribution in [0.25, 0.3) is 0 Å². The second kappa shape index (κ2) is 8.15. The molecule has 0 heterocycles. The van der Waals surface area contributed by atoms with Crippen LogP contribution in [0.4, 0.5) is 0 Å². The van der Waals surface area contributed by atoms with E-state index in [2.05, 4.69) is 4.74 Å². The summed E-state index contributed by atoms with van der Waals surface area (Å²) in [4.78, 5) is 25.3. The SMILES string of the molecule is COC(=O)c1ccc(C(=O)N(C)CCOc2cccc(C)c2)cc1. The number of nitrogens with zero attached hydrogens (tertiary/aromatic N) is 1. The van der Waals surface area contributed by atoms with Gasteiger partial charge in [-0.15, -0.1) is 0 Å². The number of benzene rings is 2. The van der Waals surface area contributed by atoms with Crippen LogP contribution in [0, 0.1) is 6.92 Å². The number of hydrogen-bond acceptors (Lipinski definition) is 4. The van der Waals surface area contributed by atoms with Gasteiger partial charge in [-0.1, -0.05) is 12.1 Å². The van der Waals surface area contributed by atoms with Crippen molar-refractivity contribution in [2.24, 2.45) is 0 Å². The number of carbonyl (C=O) groups excluding carboxylic acids is 2. The van der Waals surface area contributed by atoms with Crippen molar-refractivity contribution >= 4 is 11.9 Å². The highest BCUT2D eigenvalue weighted by Gasteiger charge is 2.13. The summed E-state index contributed by atoms with van der Waals surface area (Å²) in [6, 6.07) is 14.2. The molecule has 0 aliphatic carbocycles. The molecular formula is C19H21NO4. The fraction of sp³-hybridized carbons (Fsp3) is 0.263. The van der Waals surface area contributed by atoms with Crippen molar-refractivity contribution in [3.8, 4) is 5.75 Å². The van der Waals surface area contributed by atoms with Crippen molar-refractivity contribution in [1.29, 1.82) is 0 Å². The Balaban J connectivity index is 1.88. The van der Waals surface area contributed by atoms with E-state index in [9.17, 15) is 9.59 Å². The van der Waals surface area contributed by atoms with Crippen LogP contribution in [-0.4, -0.2) is 44.1 Å². The number of hydrogen-bond donors (Lipinski definition) is 0. The molecule has 0 atom stereocenters. The van der Waals surface area contributed by atoms with Gasteiger partial charge in [-0.05, 0) is 48.9 Å². The minimum Gasteiger partial charge on any atom is -0.492 e. The summed E-state index contributed by atoms with van der Waals surface area (Å²) >= 11 is 0. The zero-order valence-electron chi connectivity index (χ0n) is 14.1. The molecule has 0 aliphatic rings. The Labute approximate surface area is 141 Å². The van der Waals surface area contributed by atoms with Gasteiger partial charge < -0.3 is 14.4 Å². The Bertz CT molecular complexity index is 710. The standard InChI is InChI=1S/C19H21NO4/c1-14-5-4-6-17(13-14)24-12-11-20(2)18(21)15-7-9-16(10-8-15)19(22)23-3/h4-10,13H,11-12H2,1-3H3. The van der Waals surface area contributed by atoms with Crippen LogP contribution >= 0.6 is 0 Å². The van der Waals surface area contributed by atoms with Crippen molar-refractivity contribution in [2.75, 3.05) is 27.3 Å². The maximum atomic E-state index is 12.3. The first kappa shape index (κ1) is 17.5. The van der Waals surface area contributed by atoms with E-state index in [0.29, 0.717) is 24.3 Å². The lowest BCUT2D eigenvalue weighted by Crippen LogP contribution is -2.30. The van der Waals surface area contributed by atoms with E-state index in [0.717, 1.165) is 11.3 Å². The number of aryl methyl sites for hydroxylation is 1. The Morgan fingerprint density at radius 1 is 1.04 bits per heavy atom. The van der Waals surface area contributed by atoms with Gasteiger partial charge in [0.2, 0.25) is 0 Å². The van der Waals surface area contributed by atoms with Gasteiger partial charge in [-0.3, -0.25) is 4.79 Å². The maximum Gasteiger partial charge on any atom is 0.337 e. The van der Waals surface area contributed by atoms with E-state index in [1.54, 1.807) is 36.2 Å². The molecule has 0 N–H and O–H groups in total. The van der Waals surface area contributed by atoms with Gasteiger partial charge in [0.1, 0.15) is 12.4 Å².